The molecule has 0 atom stereocenters. The van der Waals surface area contributed by atoms with Gasteiger partial charge in [-0.2, -0.15) is 0 Å². The monoisotopic (exact) mass is 458 g/mol. The maximum Gasteiger partial charge on any atom is 0.338 e. The van der Waals surface area contributed by atoms with Crippen molar-refractivity contribution < 1.29 is 28.7 Å². The maximum atomic E-state index is 13.5. The van der Waals surface area contributed by atoms with Gasteiger partial charge in [-0.1, -0.05) is 18.2 Å². The molecule has 34 heavy (non-hydrogen) atoms. The molecule has 0 fully saturated rings. The van der Waals surface area contributed by atoms with E-state index >= 15 is 0 Å². The highest BCUT2D eigenvalue weighted by atomic mass is 16.5. The van der Waals surface area contributed by atoms with E-state index < -0.39 is 23.7 Å². The van der Waals surface area contributed by atoms with Gasteiger partial charge in [-0.15, -0.1) is 0 Å². The third kappa shape index (κ3) is 4.25. The number of ether oxygens (including phenoxy) is 2. The molecule has 0 aromatic heterocycles. The summed E-state index contributed by atoms with van der Waals surface area (Å²) in [6, 6.07) is 19.3. The van der Waals surface area contributed by atoms with Crippen molar-refractivity contribution in [2.75, 3.05) is 25.3 Å². The molecule has 0 saturated carbocycles. The largest absolute Gasteiger partial charge is 0.497 e. The minimum Gasteiger partial charge on any atom is -0.497 e. The Morgan fingerprint density at radius 1 is 0.853 bits per heavy atom. The zero-order chi connectivity index (χ0) is 24.2. The molecule has 8 nitrogen and oxygen atoms in total. The summed E-state index contributed by atoms with van der Waals surface area (Å²) in [6.45, 7) is 1.64. The normalized spacial score (nSPS) is 12.4. The van der Waals surface area contributed by atoms with Gasteiger partial charge in [0.05, 0.1) is 30.4 Å². The van der Waals surface area contributed by atoms with E-state index in [0.29, 0.717) is 33.7 Å². The molecule has 0 saturated heterocycles. The number of carbonyl (C=O) groups excluding carboxylic acids is 4. The second-order valence-corrected chi connectivity index (χ2v) is 7.46. The molecule has 0 bridgehead atoms. The van der Waals surface area contributed by atoms with E-state index in [4.69, 9.17) is 9.47 Å². The summed E-state index contributed by atoms with van der Waals surface area (Å²) in [5.41, 5.74) is 1.61. The average Bonchev–Trinajstić information content (AvgIpc) is 3.12. The highest BCUT2D eigenvalue weighted by Crippen LogP contribution is 2.26. The minimum atomic E-state index is -0.486. The van der Waals surface area contributed by atoms with Crippen LogP contribution < -0.4 is 9.64 Å². The molecule has 0 unspecified atom stereocenters. The van der Waals surface area contributed by atoms with Crippen molar-refractivity contribution in [3.05, 3.63) is 95.1 Å². The number of rotatable bonds is 7. The van der Waals surface area contributed by atoms with Crippen LogP contribution in [0.4, 0.5) is 5.69 Å². The zero-order valence-corrected chi connectivity index (χ0v) is 18.7. The first-order valence-corrected chi connectivity index (χ1v) is 10.6. The second kappa shape index (κ2) is 9.58. The van der Waals surface area contributed by atoms with Gasteiger partial charge in [-0.25, -0.2) is 4.79 Å². The summed E-state index contributed by atoms with van der Waals surface area (Å²) in [4.78, 5) is 53.8. The van der Waals surface area contributed by atoms with E-state index in [-0.39, 0.29) is 13.3 Å². The molecule has 0 spiro atoms. The van der Waals surface area contributed by atoms with Crippen LogP contribution in [0.15, 0.2) is 72.8 Å². The van der Waals surface area contributed by atoms with Crippen LogP contribution in [0.2, 0.25) is 0 Å². The third-order valence-electron chi connectivity index (χ3n) is 5.41. The molecular formula is C26H22N2O6. The van der Waals surface area contributed by atoms with Gasteiger partial charge in [-0.3, -0.25) is 24.2 Å². The van der Waals surface area contributed by atoms with Crippen molar-refractivity contribution in [1.29, 1.82) is 0 Å². The van der Waals surface area contributed by atoms with E-state index in [1.165, 1.54) is 24.1 Å². The van der Waals surface area contributed by atoms with Crippen molar-refractivity contribution in [2.24, 2.45) is 0 Å². The number of fused-ring (bicyclic) bond motifs is 1. The van der Waals surface area contributed by atoms with Gasteiger partial charge < -0.3 is 9.47 Å². The van der Waals surface area contributed by atoms with Gasteiger partial charge in [0.2, 0.25) is 0 Å². The van der Waals surface area contributed by atoms with E-state index in [9.17, 15) is 19.2 Å². The second-order valence-electron chi connectivity index (χ2n) is 7.46. The number of anilines is 1. The highest BCUT2D eigenvalue weighted by molar-refractivity contribution is 6.22. The van der Waals surface area contributed by atoms with E-state index in [1.807, 2.05) is 0 Å². The quantitative estimate of drug-likeness (QED) is 0.395. The fourth-order valence-electron chi connectivity index (χ4n) is 3.68. The predicted molar refractivity (Wildman–Crippen MR) is 124 cm³/mol. The van der Waals surface area contributed by atoms with Crippen molar-refractivity contribution in [3.8, 4) is 5.75 Å². The van der Waals surface area contributed by atoms with Crippen LogP contribution in [0.25, 0.3) is 0 Å². The summed E-state index contributed by atoms with van der Waals surface area (Å²) in [6.07, 6.45) is 0. The lowest BCUT2D eigenvalue weighted by atomic mass is 10.1. The Morgan fingerprint density at radius 3 is 2.09 bits per heavy atom. The smallest absolute Gasteiger partial charge is 0.338 e. The van der Waals surface area contributed by atoms with E-state index in [1.54, 1.807) is 67.6 Å². The van der Waals surface area contributed by atoms with Gasteiger partial charge in [-0.05, 0) is 61.5 Å². The average molecular weight is 458 g/mol. The SMILES string of the molecule is CCOC(=O)c1ccc(N(CN2C(=O)c3ccccc3C2=O)C(=O)c2cccc(OC)c2)cc1. The first-order chi connectivity index (χ1) is 16.4. The Bertz CT molecular complexity index is 1230. The molecule has 4 rings (SSSR count). The lowest BCUT2D eigenvalue weighted by molar-refractivity contribution is 0.0525. The fourth-order valence-corrected chi connectivity index (χ4v) is 3.68. The topological polar surface area (TPSA) is 93.2 Å². The molecule has 0 N–H and O–H groups in total. The Morgan fingerprint density at radius 2 is 1.50 bits per heavy atom. The standard InChI is InChI=1S/C26H22N2O6/c1-3-34-26(32)17-11-13-19(14-12-17)27(23(29)18-7-6-8-20(15-18)33-2)16-28-24(30)21-9-4-5-10-22(21)25(28)31/h4-15H,3,16H2,1-2H3. The van der Waals surface area contributed by atoms with E-state index in [0.717, 1.165) is 4.90 Å². The van der Waals surface area contributed by atoms with Crippen LogP contribution in [0.1, 0.15) is 48.4 Å². The number of esters is 1. The number of methoxy groups -OCH3 is 1. The van der Waals surface area contributed by atoms with Crippen molar-refractivity contribution >= 4 is 29.4 Å². The lowest BCUT2D eigenvalue weighted by Gasteiger charge is -2.27. The van der Waals surface area contributed by atoms with Crippen LogP contribution in [-0.4, -0.2) is 49.0 Å². The molecule has 3 aromatic rings. The summed E-state index contributed by atoms with van der Waals surface area (Å²) in [5.74, 6) is -1.40. The van der Waals surface area contributed by atoms with Crippen LogP contribution in [-0.2, 0) is 4.74 Å². The molecule has 1 aliphatic rings. The summed E-state index contributed by atoms with van der Waals surface area (Å²) >= 11 is 0. The molecule has 8 heteroatoms. The Labute approximate surface area is 196 Å². The fraction of sp³-hybridized carbons (Fsp3) is 0.154. The van der Waals surface area contributed by atoms with Crippen LogP contribution in [0.5, 0.6) is 5.75 Å². The zero-order valence-electron chi connectivity index (χ0n) is 18.7. The van der Waals surface area contributed by atoms with Gasteiger partial charge in [0.25, 0.3) is 17.7 Å². The number of hydrogen-bond donors (Lipinski definition) is 0. The molecule has 172 valence electrons. The summed E-state index contributed by atoms with van der Waals surface area (Å²) in [7, 11) is 1.49. The molecule has 0 radical (unpaired) electrons. The molecule has 1 heterocycles. The van der Waals surface area contributed by atoms with Crippen molar-refractivity contribution in [2.45, 2.75) is 6.92 Å². The van der Waals surface area contributed by atoms with Crippen LogP contribution in [0, 0.1) is 0 Å². The minimum absolute atomic E-state index is 0.237. The van der Waals surface area contributed by atoms with Gasteiger partial charge in [0, 0.05) is 11.3 Å². The molecule has 0 aliphatic carbocycles. The number of imide groups is 1. The number of nitrogens with zero attached hydrogens (tertiary/aromatic N) is 2. The van der Waals surface area contributed by atoms with Crippen LogP contribution in [0.3, 0.4) is 0 Å². The molecule has 1 aliphatic heterocycles. The number of carbonyl (C=O) groups is 4. The number of amides is 3. The van der Waals surface area contributed by atoms with Gasteiger partial charge in [0.15, 0.2) is 0 Å². The highest BCUT2D eigenvalue weighted by Gasteiger charge is 2.37. The predicted octanol–water partition coefficient (Wildman–Crippen LogP) is 3.77. The van der Waals surface area contributed by atoms with E-state index in [2.05, 4.69) is 0 Å². The first-order valence-electron chi connectivity index (χ1n) is 10.6. The van der Waals surface area contributed by atoms with Crippen molar-refractivity contribution in [1.82, 2.24) is 4.90 Å². The van der Waals surface area contributed by atoms with Gasteiger partial charge >= 0.3 is 5.97 Å². The van der Waals surface area contributed by atoms with Crippen molar-refractivity contribution in [3.63, 3.8) is 0 Å². The number of hydrogen-bond acceptors (Lipinski definition) is 6. The molecular weight excluding hydrogens is 436 g/mol. The maximum absolute atomic E-state index is 13.5. The third-order valence-corrected chi connectivity index (χ3v) is 5.41. The summed E-state index contributed by atoms with van der Waals surface area (Å²) in [5, 5.41) is 0. The Kier molecular flexibility index (Phi) is 6.40. The first kappa shape index (κ1) is 22.7. The summed E-state index contributed by atoms with van der Waals surface area (Å²) < 4.78 is 10.2. The lowest BCUT2D eigenvalue weighted by Crippen LogP contribution is -2.44. The number of benzene rings is 3. The Hall–Kier alpha value is -4.46. The van der Waals surface area contributed by atoms with Gasteiger partial charge in [0.1, 0.15) is 12.4 Å². The van der Waals surface area contributed by atoms with Crippen LogP contribution >= 0.6 is 0 Å². The Balaban J connectivity index is 1.70. The molecule has 3 amide bonds. The molecule has 3 aromatic carbocycles.